The van der Waals surface area contributed by atoms with Gasteiger partial charge in [-0.25, -0.2) is 0 Å². The van der Waals surface area contributed by atoms with Crippen LogP contribution in [-0.4, -0.2) is 70.2 Å². The van der Waals surface area contributed by atoms with Gasteiger partial charge in [0.2, 0.25) is 5.91 Å². The Labute approximate surface area is 195 Å². The Hall–Kier alpha value is -2.87. The second-order valence-electron chi connectivity index (χ2n) is 9.23. The van der Waals surface area contributed by atoms with Gasteiger partial charge < -0.3 is 15.0 Å². The van der Waals surface area contributed by atoms with Gasteiger partial charge >= 0.3 is 0 Å². The third-order valence-corrected chi connectivity index (χ3v) is 6.78. The quantitative estimate of drug-likeness (QED) is 0.756. The Balaban J connectivity index is 1.52. The van der Waals surface area contributed by atoms with Crippen LogP contribution in [0.15, 0.2) is 36.7 Å². The molecule has 8 nitrogen and oxygen atoms in total. The lowest BCUT2D eigenvalue weighted by Gasteiger charge is -2.39. The summed E-state index contributed by atoms with van der Waals surface area (Å²) in [7, 11) is 1.94. The predicted octanol–water partition coefficient (Wildman–Crippen LogP) is 2.45. The summed E-state index contributed by atoms with van der Waals surface area (Å²) in [5.74, 6) is 0.906. The van der Waals surface area contributed by atoms with E-state index in [0.29, 0.717) is 30.4 Å². The number of likely N-dealkylation sites (tertiary alicyclic amines) is 1. The van der Waals surface area contributed by atoms with Gasteiger partial charge in [0.1, 0.15) is 12.4 Å². The number of benzene rings is 1. The van der Waals surface area contributed by atoms with Gasteiger partial charge in [0, 0.05) is 58.0 Å². The average molecular weight is 454 g/mol. The minimum Gasteiger partial charge on any atom is -0.491 e. The molecule has 1 N–H and O–H groups in total. The number of para-hydroxylation sites is 1. The Kier molecular flexibility index (Phi) is 7.65. The topological polar surface area (TPSA) is 79.7 Å². The molecule has 2 atom stereocenters. The lowest BCUT2D eigenvalue weighted by atomic mass is 9.86. The highest BCUT2D eigenvalue weighted by molar-refractivity contribution is 5.97. The van der Waals surface area contributed by atoms with Crippen molar-refractivity contribution in [1.29, 1.82) is 0 Å². The van der Waals surface area contributed by atoms with Gasteiger partial charge in [0.15, 0.2) is 0 Å². The van der Waals surface area contributed by atoms with Crippen molar-refractivity contribution in [2.24, 2.45) is 13.0 Å². The summed E-state index contributed by atoms with van der Waals surface area (Å²) in [6.45, 7) is 6.05. The fraction of sp³-hybridized carbons (Fsp3) is 0.560. The first kappa shape index (κ1) is 23.3. The monoisotopic (exact) mass is 453 g/mol. The first-order chi connectivity index (χ1) is 16.0. The zero-order chi connectivity index (χ0) is 23.2. The highest BCUT2D eigenvalue weighted by Gasteiger charge is 2.32. The van der Waals surface area contributed by atoms with E-state index in [1.807, 2.05) is 47.1 Å². The van der Waals surface area contributed by atoms with E-state index in [1.165, 1.54) is 5.56 Å². The van der Waals surface area contributed by atoms with Crippen molar-refractivity contribution < 1.29 is 14.3 Å². The van der Waals surface area contributed by atoms with Crippen molar-refractivity contribution in [1.82, 2.24) is 24.9 Å². The molecule has 0 spiro atoms. The number of aromatic nitrogens is 2. The first-order valence-electron chi connectivity index (χ1n) is 12.0. The van der Waals surface area contributed by atoms with E-state index >= 15 is 0 Å². The largest absolute Gasteiger partial charge is 0.491 e. The highest BCUT2D eigenvalue weighted by atomic mass is 16.5. The van der Waals surface area contributed by atoms with Crippen LogP contribution in [0.1, 0.15) is 48.5 Å². The zero-order valence-electron chi connectivity index (χ0n) is 19.7. The molecule has 8 heteroatoms. The summed E-state index contributed by atoms with van der Waals surface area (Å²) in [6.07, 6.45) is 8.12. The molecule has 0 aliphatic carbocycles. The number of rotatable bonds is 2. The molecule has 178 valence electrons. The number of piperidine rings is 1. The fourth-order valence-corrected chi connectivity index (χ4v) is 4.93. The van der Waals surface area contributed by atoms with Crippen molar-refractivity contribution in [3.05, 3.63) is 47.8 Å². The van der Waals surface area contributed by atoms with Crippen molar-refractivity contribution in [3.63, 3.8) is 0 Å². The maximum atomic E-state index is 13.2. The van der Waals surface area contributed by atoms with E-state index in [-0.39, 0.29) is 17.9 Å². The Bertz CT molecular complexity index is 959. The summed E-state index contributed by atoms with van der Waals surface area (Å²) in [4.78, 5) is 29.4. The Morgan fingerprint density at radius 2 is 2.03 bits per heavy atom. The summed E-state index contributed by atoms with van der Waals surface area (Å²) in [6, 6.07) is 7.37. The van der Waals surface area contributed by atoms with Crippen LogP contribution in [-0.2, 0) is 18.4 Å². The van der Waals surface area contributed by atoms with E-state index in [4.69, 9.17) is 4.74 Å². The molecule has 4 rings (SSSR count). The number of fused-ring (bicyclic) bond motifs is 2. The van der Waals surface area contributed by atoms with E-state index in [9.17, 15) is 9.59 Å². The number of nitrogens with zero attached hydrogens (tertiary/aromatic N) is 4. The molecule has 0 bridgehead atoms. The smallest absolute Gasteiger partial charge is 0.255 e. The zero-order valence-corrected chi connectivity index (χ0v) is 19.7. The van der Waals surface area contributed by atoms with Gasteiger partial charge in [-0.2, -0.15) is 5.10 Å². The number of hydrogen-bond donors (Lipinski definition) is 1. The van der Waals surface area contributed by atoms with Crippen LogP contribution in [0.25, 0.3) is 0 Å². The number of aryl methyl sites for hydroxylation is 1. The second-order valence-corrected chi connectivity index (χ2v) is 9.23. The molecule has 33 heavy (non-hydrogen) atoms. The molecule has 1 fully saturated rings. The van der Waals surface area contributed by atoms with Gasteiger partial charge in [-0.3, -0.25) is 19.2 Å². The van der Waals surface area contributed by atoms with E-state index in [1.54, 1.807) is 6.92 Å². The van der Waals surface area contributed by atoms with Crippen LogP contribution in [0.5, 0.6) is 5.75 Å². The predicted molar refractivity (Wildman–Crippen MR) is 126 cm³/mol. The summed E-state index contributed by atoms with van der Waals surface area (Å²) in [5.41, 5.74) is 1.74. The molecule has 1 saturated heterocycles. The van der Waals surface area contributed by atoms with E-state index in [0.717, 1.165) is 51.9 Å². The van der Waals surface area contributed by atoms with Crippen molar-refractivity contribution in [2.75, 3.05) is 32.8 Å². The van der Waals surface area contributed by atoms with Crippen molar-refractivity contribution in [2.45, 2.75) is 45.2 Å². The molecule has 0 radical (unpaired) electrons. The standard InChI is InChI=1S/C25H35N5O3/c1-19(31)30-12-10-21-7-5-6-11-29(17-20-15-26-28(2)16-20)13-14-33-24-9-4-3-8-22(24)25(32)27-23(21)18-30/h3-4,8-9,15-16,21,23H,5-7,10-14,17-18H2,1-2H3,(H,27,32)/t21-,23+/m1/s1. The van der Waals surface area contributed by atoms with E-state index in [2.05, 4.69) is 21.5 Å². The average Bonchev–Trinajstić information content (AvgIpc) is 3.21. The van der Waals surface area contributed by atoms with Crippen molar-refractivity contribution >= 4 is 11.8 Å². The molecule has 3 heterocycles. The molecule has 0 saturated carbocycles. The van der Waals surface area contributed by atoms with Crippen molar-refractivity contribution in [3.8, 4) is 5.75 Å². The molecule has 2 aromatic rings. The normalized spacial score (nSPS) is 23.0. The van der Waals surface area contributed by atoms with Crippen LogP contribution in [0.2, 0.25) is 0 Å². The second kappa shape index (κ2) is 10.8. The molecule has 0 unspecified atom stereocenters. The third-order valence-electron chi connectivity index (χ3n) is 6.78. The summed E-state index contributed by atoms with van der Waals surface area (Å²) >= 11 is 0. The van der Waals surface area contributed by atoms with Gasteiger partial charge in [0.05, 0.1) is 11.8 Å². The van der Waals surface area contributed by atoms with Crippen LogP contribution in [0, 0.1) is 5.92 Å². The minimum absolute atomic E-state index is 0.0438. The lowest BCUT2D eigenvalue weighted by molar-refractivity contribution is -0.130. The molecule has 1 aromatic heterocycles. The van der Waals surface area contributed by atoms with E-state index < -0.39 is 0 Å². The van der Waals surface area contributed by atoms with Crippen LogP contribution in [0.3, 0.4) is 0 Å². The molecule has 2 aliphatic rings. The number of carbonyl (C=O) groups is 2. The Morgan fingerprint density at radius 3 is 2.82 bits per heavy atom. The summed E-state index contributed by atoms with van der Waals surface area (Å²) < 4.78 is 7.92. The fourth-order valence-electron chi connectivity index (χ4n) is 4.93. The van der Waals surface area contributed by atoms with Gasteiger partial charge in [-0.15, -0.1) is 0 Å². The maximum absolute atomic E-state index is 13.2. The molecule has 2 aliphatic heterocycles. The third kappa shape index (κ3) is 6.13. The SMILES string of the molecule is CC(=O)N1CC[C@H]2CCCCN(Cc3cnn(C)c3)CCOc3ccccc3C(=O)N[C@H]2C1. The Morgan fingerprint density at radius 1 is 1.18 bits per heavy atom. The number of hydrogen-bond acceptors (Lipinski definition) is 5. The summed E-state index contributed by atoms with van der Waals surface area (Å²) in [5, 5.41) is 7.52. The number of amides is 2. The lowest BCUT2D eigenvalue weighted by Crippen LogP contribution is -2.53. The maximum Gasteiger partial charge on any atom is 0.255 e. The van der Waals surface area contributed by atoms with Crippen LogP contribution in [0.4, 0.5) is 0 Å². The van der Waals surface area contributed by atoms with Gasteiger partial charge in [-0.1, -0.05) is 18.6 Å². The first-order valence-corrected chi connectivity index (χ1v) is 12.0. The number of carbonyl (C=O) groups excluding carboxylic acids is 2. The molecule has 2 amide bonds. The van der Waals surface area contributed by atoms with Crippen LogP contribution >= 0.6 is 0 Å². The minimum atomic E-state index is -0.129. The van der Waals surface area contributed by atoms with Gasteiger partial charge in [-0.05, 0) is 43.9 Å². The molecular formula is C25H35N5O3. The number of ether oxygens (including phenoxy) is 1. The molecule has 1 aromatic carbocycles. The molecular weight excluding hydrogens is 418 g/mol. The highest BCUT2D eigenvalue weighted by Crippen LogP contribution is 2.26. The van der Waals surface area contributed by atoms with Gasteiger partial charge in [0.25, 0.3) is 5.91 Å². The van der Waals surface area contributed by atoms with Crippen LogP contribution < -0.4 is 10.1 Å². The number of nitrogens with one attached hydrogen (secondary N) is 1.